The first-order valence-corrected chi connectivity index (χ1v) is 5.20. The summed E-state index contributed by atoms with van der Waals surface area (Å²) < 4.78 is 0. The fourth-order valence-electron chi connectivity index (χ4n) is 1.54. The van der Waals surface area contributed by atoms with E-state index in [0.29, 0.717) is 0 Å². The van der Waals surface area contributed by atoms with Crippen LogP contribution in [0.3, 0.4) is 0 Å². The number of hydrogen-bond acceptors (Lipinski definition) is 2. The summed E-state index contributed by atoms with van der Waals surface area (Å²) in [5.41, 5.74) is 7.23. The molecule has 1 rings (SSSR count). The van der Waals surface area contributed by atoms with Gasteiger partial charge >= 0.3 is 0 Å². The molecule has 0 radical (unpaired) electrons. The highest BCUT2D eigenvalue weighted by Crippen LogP contribution is 2.33. The minimum absolute atomic E-state index is 0.257. The molecule has 1 nitrogen and oxygen atoms in total. The van der Waals surface area contributed by atoms with E-state index in [9.17, 15) is 0 Å². The average molecular weight is 183 g/mol. The van der Waals surface area contributed by atoms with Gasteiger partial charge in [0.1, 0.15) is 0 Å². The second-order valence-electron chi connectivity index (χ2n) is 3.86. The number of thiophene rings is 1. The van der Waals surface area contributed by atoms with E-state index in [-0.39, 0.29) is 5.41 Å². The molecule has 0 spiro atoms. The van der Waals surface area contributed by atoms with E-state index >= 15 is 0 Å². The maximum absolute atomic E-state index is 5.58. The molecule has 0 aliphatic carbocycles. The predicted molar refractivity (Wildman–Crippen MR) is 55.8 cm³/mol. The number of aryl methyl sites for hydroxylation is 1. The summed E-state index contributed by atoms with van der Waals surface area (Å²) in [4.78, 5) is 1.48. The molecule has 0 aromatic carbocycles. The third-order valence-corrected chi connectivity index (χ3v) is 3.63. The van der Waals surface area contributed by atoms with Gasteiger partial charge in [0, 0.05) is 10.3 Å². The Labute approximate surface area is 78.6 Å². The lowest BCUT2D eigenvalue weighted by molar-refractivity contribution is 0.495. The SMILES string of the molecule is Cc1ccsc1C(C)(C)CCN. The number of rotatable bonds is 3. The largest absolute Gasteiger partial charge is 0.330 e. The molecule has 2 heteroatoms. The van der Waals surface area contributed by atoms with Gasteiger partial charge in [0.2, 0.25) is 0 Å². The Hall–Kier alpha value is -0.340. The van der Waals surface area contributed by atoms with Crippen LogP contribution >= 0.6 is 11.3 Å². The van der Waals surface area contributed by atoms with Crippen molar-refractivity contribution in [3.8, 4) is 0 Å². The van der Waals surface area contributed by atoms with E-state index in [4.69, 9.17) is 5.73 Å². The van der Waals surface area contributed by atoms with Gasteiger partial charge in [0.05, 0.1) is 0 Å². The van der Waals surface area contributed by atoms with E-state index in [0.717, 1.165) is 13.0 Å². The highest BCUT2D eigenvalue weighted by Gasteiger charge is 2.22. The van der Waals surface area contributed by atoms with Crippen molar-refractivity contribution in [2.45, 2.75) is 32.6 Å². The summed E-state index contributed by atoms with van der Waals surface area (Å²) in [5.74, 6) is 0. The Morgan fingerprint density at radius 3 is 2.58 bits per heavy atom. The molecule has 1 aromatic rings. The fraction of sp³-hybridized carbons (Fsp3) is 0.600. The monoisotopic (exact) mass is 183 g/mol. The van der Waals surface area contributed by atoms with Gasteiger partial charge in [-0.25, -0.2) is 0 Å². The van der Waals surface area contributed by atoms with Gasteiger partial charge in [0.15, 0.2) is 0 Å². The highest BCUT2D eigenvalue weighted by molar-refractivity contribution is 7.10. The van der Waals surface area contributed by atoms with Crippen LogP contribution in [0.1, 0.15) is 30.7 Å². The molecule has 0 saturated heterocycles. The molecule has 0 aliphatic rings. The Bertz CT molecular complexity index is 250. The van der Waals surface area contributed by atoms with Crippen molar-refractivity contribution < 1.29 is 0 Å². The maximum atomic E-state index is 5.58. The lowest BCUT2D eigenvalue weighted by atomic mass is 9.86. The molecule has 0 amide bonds. The predicted octanol–water partition coefficient (Wildman–Crippen LogP) is 2.68. The molecule has 0 bridgehead atoms. The number of nitrogens with two attached hydrogens (primary N) is 1. The summed E-state index contributed by atoms with van der Waals surface area (Å²) in [7, 11) is 0. The lowest BCUT2D eigenvalue weighted by Gasteiger charge is -2.23. The van der Waals surface area contributed by atoms with Crippen LogP contribution in [0.25, 0.3) is 0 Å². The Kier molecular flexibility index (Phi) is 2.91. The van der Waals surface area contributed by atoms with E-state index in [1.807, 2.05) is 11.3 Å². The Morgan fingerprint density at radius 2 is 2.17 bits per heavy atom. The molecule has 0 atom stereocenters. The first-order chi connectivity index (χ1) is 5.58. The van der Waals surface area contributed by atoms with Gasteiger partial charge in [0.25, 0.3) is 0 Å². The minimum Gasteiger partial charge on any atom is -0.330 e. The van der Waals surface area contributed by atoms with Gasteiger partial charge in [-0.15, -0.1) is 11.3 Å². The molecule has 68 valence electrons. The quantitative estimate of drug-likeness (QED) is 0.766. The molecular weight excluding hydrogens is 166 g/mol. The zero-order valence-electron chi connectivity index (χ0n) is 8.05. The van der Waals surface area contributed by atoms with Gasteiger partial charge in [-0.2, -0.15) is 0 Å². The highest BCUT2D eigenvalue weighted by atomic mass is 32.1. The second kappa shape index (κ2) is 3.58. The minimum atomic E-state index is 0.257. The van der Waals surface area contributed by atoms with Crippen molar-refractivity contribution >= 4 is 11.3 Å². The summed E-state index contributed by atoms with van der Waals surface area (Å²) in [6.45, 7) is 7.46. The third kappa shape index (κ3) is 1.87. The van der Waals surface area contributed by atoms with Crippen LogP contribution in [0.4, 0.5) is 0 Å². The maximum Gasteiger partial charge on any atom is 0.0131 e. The van der Waals surface area contributed by atoms with Crippen LogP contribution in [0, 0.1) is 6.92 Å². The number of hydrogen-bond donors (Lipinski definition) is 1. The Morgan fingerprint density at radius 1 is 1.50 bits per heavy atom. The zero-order valence-corrected chi connectivity index (χ0v) is 8.87. The van der Waals surface area contributed by atoms with Gasteiger partial charge < -0.3 is 5.73 Å². The average Bonchev–Trinajstić information content (AvgIpc) is 2.35. The van der Waals surface area contributed by atoms with Crippen LogP contribution in [0.2, 0.25) is 0 Å². The molecular formula is C10H17NS. The van der Waals surface area contributed by atoms with Crippen molar-refractivity contribution in [1.82, 2.24) is 0 Å². The van der Waals surface area contributed by atoms with Crippen molar-refractivity contribution in [3.05, 3.63) is 21.9 Å². The Balaban J connectivity index is 2.88. The van der Waals surface area contributed by atoms with Crippen LogP contribution in [0.5, 0.6) is 0 Å². The van der Waals surface area contributed by atoms with Gasteiger partial charge in [-0.05, 0) is 36.9 Å². The summed E-state index contributed by atoms with van der Waals surface area (Å²) >= 11 is 1.84. The molecule has 0 fully saturated rings. The van der Waals surface area contributed by atoms with Crippen molar-refractivity contribution in [3.63, 3.8) is 0 Å². The van der Waals surface area contributed by atoms with Gasteiger partial charge in [-0.3, -0.25) is 0 Å². The molecule has 0 aliphatic heterocycles. The topological polar surface area (TPSA) is 26.0 Å². The second-order valence-corrected chi connectivity index (χ2v) is 4.77. The standard InChI is InChI=1S/C10H17NS/c1-8-4-7-12-9(8)10(2,3)5-6-11/h4,7H,5-6,11H2,1-3H3. The zero-order chi connectivity index (χ0) is 9.19. The van der Waals surface area contributed by atoms with Crippen LogP contribution in [-0.2, 0) is 5.41 Å². The molecule has 2 N–H and O–H groups in total. The molecule has 1 heterocycles. The molecule has 12 heavy (non-hydrogen) atoms. The van der Waals surface area contributed by atoms with Gasteiger partial charge in [-0.1, -0.05) is 13.8 Å². The van der Waals surface area contributed by atoms with Crippen LogP contribution < -0.4 is 5.73 Å². The van der Waals surface area contributed by atoms with E-state index < -0.39 is 0 Å². The summed E-state index contributed by atoms with van der Waals surface area (Å²) in [5, 5.41) is 2.16. The normalized spacial score (nSPS) is 12.0. The van der Waals surface area contributed by atoms with Crippen molar-refractivity contribution in [2.75, 3.05) is 6.54 Å². The smallest absolute Gasteiger partial charge is 0.0131 e. The van der Waals surface area contributed by atoms with Crippen molar-refractivity contribution in [1.29, 1.82) is 0 Å². The molecule has 1 aromatic heterocycles. The molecule has 0 saturated carbocycles. The van der Waals surface area contributed by atoms with Crippen LogP contribution in [-0.4, -0.2) is 6.54 Å². The summed E-state index contributed by atoms with van der Waals surface area (Å²) in [6, 6.07) is 2.18. The first-order valence-electron chi connectivity index (χ1n) is 4.32. The van der Waals surface area contributed by atoms with E-state index in [2.05, 4.69) is 32.2 Å². The third-order valence-electron chi connectivity index (χ3n) is 2.25. The summed E-state index contributed by atoms with van der Waals surface area (Å²) in [6.07, 6.45) is 1.06. The van der Waals surface area contributed by atoms with E-state index in [1.165, 1.54) is 10.4 Å². The first kappa shape index (κ1) is 9.75. The lowest BCUT2D eigenvalue weighted by Crippen LogP contribution is -2.21. The van der Waals surface area contributed by atoms with Crippen molar-refractivity contribution in [2.24, 2.45) is 5.73 Å². The van der Waals surface area contributed by atoms with Crippen LogP contribution in [0.15, 0.2) is 11.4 Å². The molecule has 0 unspecified atom stereocenters. The fourth-order valence-corrected chi connectivity index (χ4v) is 2.62. The van der Waals surface area contributed by atoms with E-state index in [1.54, 1.807) is 0 Å².